The molecule has 2 N–H and O–H groups in total. The van der Waals surface area contributed by atoms with Gasteiger partial charge in [-0.3, -0.25) is 9.78 Å². The summed E-state index contributed by atoms with van der Waals surface area (Å²) in [5.74, 6) is -0.145. The maximum atomic E-state index is 12.2. The lowest BCUT2D eigenvalue weighted by Crippen LogP contribution is -2.32. The molecule has 0 aliphatic carbocycles. The number of aromatic amines is 1. The molecule has 2 aromatic rings. The van der Waals surface area contributed by atoms with Gasteiger partial charge in [0.15, 0.2) is 0 Å². The van der Waals surface area contributed by atoms with E-state index in [4.69, 9.17) is 11.6 Å². The molecule has 9 heteroatoms. The molecular weight excluding hydrogens is 354 g/mol. The zero-order chi connectivity index (χ0) is 17.7. The second-order valence-corrected chi connectivity index (χ2v) is 7.62. The van der Waals surface area contributed by atoms with Crippen LogP contribution in [0.3, 0.4) is 0 Å². The molecule has 0 bridgehead atoms. The summed E-state index contributed by atoms with van der Waals surface area (Å²) >= 11 is 6.06. The van der Waals surface area contributed by atoms with Crippen LogP contribution >= 0.6 is 11.6 Å². The Kier molecular flexibility index (Phi) is 5.98. The Labute approximate surface area is 144 Å². The summed E-state index contributed by atoms with van der Waals surface area (Å²) in [6, 6.07) is 7.77. The van der Waals surface area contributed by atoms with Crippen LogP contribution in [0.2, 0.25) is 5.02 Å². The summed E-state index contributed by atoms with van der Waals surface area (Å²) in [7, 11) is -3.53. The van der Waals surface area contributed by atoms with Gasteiger partial charge in [-0.2, -0.15) is 0 Å². The number of aromatic nitrogens is 2. The zero-order valence-corrected chi connectivity index (χ0v) is 14.6. The largest absolute Gasteiger partial charge is 0.328 e. The van der Waals surface area contributed by atoms with Crippen LogP contribution < -0.4 is 16.0 Å². The van der Waals surface area contributed by atoms with E-state index in [0.29, 0.717) is 10.6 Å². The second kappa shape index (κ2) is 7.78. The van der Waals surface area contributed by atoms with Crippen molar-refractivity contribution in [2.75, 3.05) is 5.75 Å². The fraction of sp³-hybridized carbons (Fsp3) is 0.333. The number of benzene rings is 1. The molecule has 2 rings (SSSR count). The van der Waals surface area contributed by atoms with Gasteiger partial charge in [0.2, 0.25) is 10.0 Å². The van der Waals surface area contributed by atoms with Crippen molar-refractivity contribution in [1.82, 2.24) is 14.3 Å². The van der Waals surface area contributed by atoms with Gasteiger partial charge in [0, 0.05) is 29.9 Å². The Morgan fingerprint density at radius 3 is 2.62 bits per heavy atom. The smallest absolute Gasteiger partial charge is 0.301 e. The quantitative estimate of drug-likeness (QED) is 0.765. The lowest BCUT2D eigenvalue weighted by molar-refractivity contribution is 0.556. The van der Waals surface area contributed by atoms with Gasteiger partial charge in [-0.25, -0.2) is 17.9 Å². The number of rotatable bonds is 7. The van der Waals surface area contributed by atoms with E-state index in [1.54, 1.807) is 31.2 Å². The number of nitrogens with one attached hydrogen (secondary N) is 2. The van der Waals surface area contributed by atoms with Gasteiger partial charge in [-0.1, -0.05) is 29.8 Å². The third kappa shape index (κ3) is 5.05. The summed E-state index contributed by atoms with van der Waals surface area (Å²) in [4.78, 5) is 24.6. The molecule has 0 saturated heterocycles. The topological polar surface area (TPSA) is 101 Å². The number of aryl methyl sites for hydroxylation is 1. The van der Waals surface area contributed by atoms with Crippen molar-refractivity contribution in [1.29, 1.82) is 0 Å². The summed E-state index contributed by atoms with van der Waals surface area (Å²) in [5, 5.41) is 0.493. The van der Waals surface area contributed by atoms with Gasteiger partial charge in [0.25, 0.3) is 5.56 Å². The van der Waals surface area contributed by atoms with E-state index in [-0.39, 0.29) is 18.7 Å². The Morgan fingerprint density at radius 2 is 1.96 bits per heavy atom. The van der Waals surface area contributed by atoms with Gasteiger partial charge in [-0.05, 0) is 25.0 Å². The van der Waals surface area contributed by atoms with Crippen LogP contribution in [0.5, 0.6) is 0 Å². The first-order chi connectivity index (χ1) is 11.3. The van der Waals surface area contributed by atoms with E-state index in [2.05, 4.69) is 9.71 Å². The highest BCUT2D eigenvalue weighted by Crippen LogP contribution is 2.22. The van der Waals surface area contributed by atoms with E-state index in [9.17, 15) is 18.0 Å². The molecule has 0 amide bonds. The summed E-state index contributed by atoms with van der Waals surface area (Å²) in [5.41, 5.74) is -0.351. The van der Waals surface area contributed by atoms with Gasteiger partial charge in [0.05, 0.1) is 5.75 Å². The number of sulfonamides is 1. The van der Waals surface area contributed by atoms with Crippen molar-refractivity contribution >= 4 is 21.6 Å². The predicted molar refractivity (Wildman–Crippen MR) is 92.7 cm³/mol. The minimum absolute atomic E-state index is 0.145. The molecule has 1 aromatic carbocycles. The molecule has 0 spiro atoms. The summed E-state index contributed by atoms with van der Waals surface area (Å²) in [6.45, 7) is 1.90. The third-order valence-electron chi connectivity index (χ3n) is 3.44. The summed E-state index contributed by atoms with van der Waals surface area (Å²) in [6.07, 6.45) is 1.57. The lowest BCUT2D eigenvalue weighted by Gasteiger charge is -2.16. The first kappa shape index (κ1) is 18.4. The van der Waals surface area contributed by atoms with E-state index in [1.165, 1.54) is 16.8 Å². The average molecular weight is 372 g/mol. The normalized spacial score (nSPS) is 12.9. The minimum Gasteiger partial charge on any atom is -0.301 e. The van der Waals surface area contributed by atoms with Crippen LogP contribution in [0.1, 0.15) is 24.9 Å². The van der Waals surface area contributed by atoms with Crippen LogP contribution in [-0.4, -0.2) is 23.7 Å². The van der Waals surface area contributed by atoms with Crippen molar-refractivity contribution in [3.05, 3.63) is 68.0 Å². The average Bonchev–Trinajstić information content (AvgIpc) is 2.49. The molecular formula is C15H18ClN3O4S. The predicted octanol–water partition coefficient (Wildman–Crippen LogP) is 1.26. The van der Waals surface area contributed by atoms with Crippen molar-refractivity contribution in [3.8, 4) is 0 Å². The van der Waals surface area contributed by atoms with E-state index in [1.807, 2.05) is 0 Å². The van der Waals surface area contributed by atoms with E-state index < -0.39 is 27.3 Å². The third-order valence-corrected chi connectivity index (χ3v) is 5.32. The molecule has 0 aliphatic rings. The van der Waals surface area contributed by atoms with Crippen LogP contribution in [0.25, 0.3) is 0 Å². The molecule has 0 aliphatic heterocycles. The standard InChI is InChI=1S/C15H18ClN3O4S/c1-11(12-5-2-3-6-13(12)16)18-24(22,23)10-4-8-19-9-7-14(20)17-15(19)21/h2-3,5-7,9,11,18H,4,8,10H2,1H3,(H,17,20,21)/t11-/m1/s1. The Balaban J connectivity index is 1.95. The maximum absolute atomic E-state index is 12.2. The molecule has 0 fully saturated rings. The molecule has 1 heterocycles. The van der Waals surface area contributed by atoms with Crippen molar-refractivity contribution in [2.45, 2.75) is 25.9 Å². The number of H-pyrrole nitrogens is 1. The number of hydrogen-bond acceptors (Lipinski definition) is 4. The molecule has 7 nitrogen and oxygen atoms in total. The number of hydrogen-bond donors (Lipinski definition) is 2. The first-order valence-electron chi connectivity index (χ1n) is 7.33. The van der Waals surface area contributed by atoms with Gasteiger partial charge < -0.3 is 4.57 Å². The first-order valence-corrected chi connectivity index (χ1v) is 9.36. The Morgan fingerprint density at radius 1 is 1.25 bits per heavy atom. The number of halogens is 1. The van der Waals surface area contributed by atoms with Crippen LogP contribution in [0.15, 0.2) is 46.1 Å². The van der Waals surface area contributed by atoms with Crippen LogP contribution in [-0.2, 0) is 16.6 Å². The molecule has 0 radical (unpaired) electrons. The molecule has 1 aromatic heterocycles. The second-order valence-electron chi connectivity index (χ2n) is 5.34. The van der Waals surface area contributed by atoms with Crippen molar-refractivity contribution < 1.29 is 8.42 Å². The molecule has 0 unspecified atom stereocenters. The van der Waals surface area contributed by atoms with E-state index in [0.717, 1.165) is 0 Å². The SMILES string of the molecule is C[C@@H](NS(=O)(=O)CCCn1ccc(=O)[nH]c1=O)c1ccccc1Cl. The fourth-order valence-electron chi connectivity index (χ4n) is 2.26. The van der Waals surface area contributed by atoms with Crippen LogP contribution in [0.4, 0.5) is 0 Å². The van der Waals surface area contributed by atoms with Crippen molar-refractivity contribution in [3.63, 3.8) is 0 Å². The van der Waals surface area contributed by atoms with Gasteiger partial charge >= 0.3 is 5.69 Å². The molecule has 0 saturated carbocycles. The van der Waals surface area contributed by atoms with Crippen molar-refractivity contribution in [2.24, 2.45) is 0 Å². The molecule has 24 heavy (non-hydrogen) atoms. The monoisotopic (exact) mass is 371 g/mol. The molecule has 130 valence electrons. The van der Waals surface area contributed by atoms with Gasteiger partial charge in [-0.15, -0.1) is 0 Å². The lowest BCUT2D eigenvalue weighted by atomic mass is 10.1. The summed E-state index contributed by atoms with van der Waals surface area (Å²) < 4.78 is 28.1. The van der Waals surface area contributed by atoms with Gasteiger partial charge in [0.1, 0.15) is 0 Å². The van der Waals surface area contributed by atoms with E-state index >= 15 is 0 Å². The number of nitrogens with zero attached hydrogens (tertiary/aromatic N) is 1. The highest BCUT2D eigenvalue weighted by atomic mass is 35.5. The zero-order valence-electron chi connectivity index (χ0n) is 13.0. The highest BCUT2D eigenvalue weighted by molar-refractivity contribution is 7.89. The minimum atomic E-state index is -3.53. The maximum Gasteiger partial charge on any atom is 0.328 e. The molecule has 1 atom stereocenters. The fourth-order valence-corrected chi connectivity index (χ4v) is 3.86. The van der Waals surface area contributed by atoms with Crippen LogP contribution in [0, 0.1) is 0 Å². The Hall–Kier alpha value is -1.90. The Bertz CT molecular complexity index is 921. The highest BCUT2D eigenvalue weighted by Gasteiger charge is 2.17.